The maximum atomic E-state index is 13.6. The van der Waals surface area contributed by atoms with Gasteiger partial charge in [-0.05, 0) is 18.6 Å². The highest BCUT2D eigenvalue weighted by atomic mass is 35.5. The Hall–Kier alpha value is -1.62. The van der Waals surface area contributed by atoms with Crippen LogP contribution in [-0.4, -0.2) is 35.0 Å². The molecule has 0 aromatic heterocycles. The molecule has 1 aromatic carbocycles. The third kappa shape index (κ3) is 3.43. The summed E-state index contributed by atoms with van der Waals surface area (Å²) in [7, 11) is 0. The van der Waals surface area contributed by atoms with Gasteiger partial charge in [-0.25, -0.2) is 4.39 Å². The molecule has 98 valence electrons. The van der Waals surface area contributed by atoms with E-state index >= 15 is 0 Å². The smallest absolute Gasteiger partial charge is 0.323 e. The van der Waals surface area contributed by atoms with E-state index < -0.39 is 24.2 Å². The van der Waals surface area contributed by atoms with E-state index in [1.165, 1.54) is 12.1 Å². The molecule has 0 radical (unpaired) electrons. The van der Waals surface area contributed by atoms with Crippen LogP contribution in [0.2, 0.25) is 5.02 Å². The first-order valence-corrected chi connectivity index (χ1v) is 5.80. The molecule has 0 aliphatic rings. The Balaban J connectivity index is 3.05. The van der Waals surface area contributed by atoms with Crippen molar-refractivity contribution in [2.75, 3.05) is 13.1 Å². The maximum Gasteiger partial charge on any atom is 0.323 e. The van der Waals surface area contributed by atoms with Crippen molar-refractivity contribution in [1.82, 2.24) is 4.90 Å². The van der Waals surface area contributed by atoms with Crippen LogP contribution in [0.5, 0.6) is 0 Å². The molecule has 0 aliphatic heterocycles. The summed E-state index contributed by atoms with van der Waals surface area (Å²) in [5, 5.41) is 8.70. The molecule has 0 unspecified atom stereocenters. The van der Waals surface area contributed by atoms with Crippen molar-refractivity contribution >= 4 is 23.5 Å². The zero-order valence-corrected chi connectivity index (χ0v) is 10.6. The van der Waals surface area contributed by atoms with Gasteiger partial charge in [0.15, 0.2) is 0 Å². The van der Waals surface area contributed by atoms with E-state index in [1.54, 1.807) is 6.92 Å². The third-order valence-electron chi connectivity index (χ3n) is 2.28. The fourth-order valence-corrected chi connectivity index (χ4v) is 1.79. The number of hydrogen-bond acceptors (Lipinski definition) is 2. The van der Waals surface area contributed by atoms with Gasteiger partial charge in [0.05, 0.1) is 10.6 Å². The van der Waals surface area contributed by atoms with Crippen molar-refractivity contribution in [3.05, 3.63) is 34.6 Å². The van der Waals surface area contributed by atoms with E-state index in [2.05, 4.69) is 0 Å². The highest BCUT2D eigenvalue weighted by Gasteiger charge is 2.23. The molecular formula is C12H13ClFNO3. The minimum Gasteiger partial charge on any atom is -0.480 e. The Labute approximate surface area is 109 Å². The lowest BCUT2D eigenvalue weighted by Crippen LogP contribution is -2.36. The van der Waals surface area contributed by atoms with E-state index in [0.29, 0.717) is 6.42 Å². The molecular weight excluding hydrogens is 261 g/mol. The SMILES string of the molecule is CCCN(CC(=O)O)C(=O)c1c(F)cccc1Cl. The lowest BCUT2D eigenvalue weighted by molar-refractivity contribution is -0.137. The van der Waals surface area contributed by atoms with Gasteiger partial charge in [-0.2, -0.15) is 0 Å². The predicted octanol–water partition coefficient (Wildman–Crippen LogP) is 2.42. The zero-order chi connectivity index (χ0) is 13.7. The van der Waals surface area contributed by atoms with Gasteiger partial charge in [0.25, 0.3) is 5.91 Å². The summed E-state index contributed by atoms with van der Waals surface area (Å²) in [6, 6.07) is 3.89. The Kier molecular flexibility index (Phi) is 5.09. The Morgan fingerprint density at radius 3 is 2.61 bits per heavy atom. The number of carbonyl (C=O) groups is 2. The normalized spacial score (nSPS) is 10.2. The topological polar surface area (TPSA) is 57.6 Å². The zero-order valence-electron chi connectivity index (χ0n) is 9.82. The second-order valence-corrected chi connectivity index (χ2v) is 4.12. The molecule has 0 fully saturated rings. The van der Waals surface area contributed by atoms with Crippen LogP contribution in [0.3, 0.4) is 0 Å². The van der Waals surface area contributed by atoms with Crippen molar-refractivity contribution in [2.45, 2.75) is 13.3 Å². The van der Waals surface area contributed by atoms with Crippen molar-refractivity contribution in [3.63, 3.8) is 0 Å². The molecule has 0 atom stereocenters. The molecule has 0 bridgehead atoms. The highest BCUT2D eigenvalue weighted by molar-refractivity contribution is 6.33. The van der Waals surface area contributed by atoms with E-state index in [9.17, 15) is 14.0 Å². The number of benzene rings is 1. The lowest BCUT2D eigenvalue weighted by Gasteiger charge is -2.20. The average molecular weight is 274 g/mol. The first kappa shape index (κ1) is 14.4. The molecule has 0 aliphatic carbocycles. The number of carboxylic acid groups (broad SMARTS) is 1. The van der Waals surface area contributed by atoms with Gasteiger partial charge >= 0.3 is 5.97 Å². The molecule has 0 saturated heterocycles. The van der Waals surface area contributed by atoms with Crippen molar-refractivity contribution < 1.29 is 19.1 Å². The van der Waals surface area contributed by atoms with Crippen molar-refractivity contribution in [2.24, 2.45) is 0 Å². The molecule has 0 heterocycles. The number of carboxylic acids is 1. The van der Waals surface area contributed by atoms with Gasteiger partial charge in [0.2, 0.25) is 0 Å². The van der Waals surface area contributed by atoms with Gasteiger partial charge in [-0.15, -0.1) is 0 Å². The van der Waals surface area contributed by atoms with Gasteiger partial charge in [-0.1, -0.05) is 24.6 Å². The Bertz CT molecular complexity index is 444. The largest absolute Gasteiger partial charge is 0.480 e. The number of carbonyl (C=O) groups excluding carboxylic acids is 1. The number of rotatable bonds is 5. The molecule has 1 N–H and O–H groups in total. The number of halogens is 2. The molecule has 4 nitrogen and oxygen atoms in total. The van der Waals surface area contributed by atoms with Crippen LogP contribution in [0.4, 0.5) is 4.39 Å². The summed E-state index contributed by atoms with van der Waals surface area (Å²) in [4.78, 5) is 23.8. The predicted molar refractivity (Wildman–Crippen MR) is 65.2 cm³/mol. The van der Waals surface area contributed by atoms with Crippen LogP contribution in [0.25, 0.3) is 0 Å². The van der Waals surface area contributed by atoms with Gasteiger partial charge in [-0.3, -0.25) is 9.59 Å². The first-order valence-electron chi connectivity index (χ1n) is 5.42. The minimum atomic E-state index is -1.15. The third-order valence-corrected chi connectivity index (χ3v) is 2.60. The Morgan fingerprint density at radius 2 is 2.11 bits per heavy atom. The number of hydrogen-bond donors (Lipinski definition) is 1. The van der Waals surface area contributed by atoms with Crippen LogP contribution in [-0.2, 0) is 4.79 Å². The molecule has 18 heavy (non-hydrogen) atoms. The molecule has 6 heteroatoms. The van der Waals surface area contributed by atoms with Crippen LogP contribution in [0, 0.1) is 5.82 Å². The van der Waals surface area contributed by atoms with Crippen LogP contribution in [0.15, 0.2) is 18.2 Å². The molecule has 1 aromatic rings. The quantitative estimate of drug-likeness (QED) is 0.896. The van der Waals surface area contributed by atoms with Crippen molar-refractivity contribution in [3.8, 4) is 0 Å². The minimum absolute atomic E-state index is 0.0218. The second kappa shape index (κ2) is 6.35. The summed E-state index contributed by atoms with van der Waals surface area (Å²) >= 11 is 5.77. The number of nitrogens with zero attached hydrogens (tertiary/aromatic N) is 1. The van der Waals surface area contributed by atoms with Crippen molar-refractivity contribution in [1.29, 1.82) is 0 Å². The monoisotopic (exact) mass is 273 g/mol. The van der Waals surface area contributed by atoms with E-state index in [0.717, 1.165) is 11.0 Å². The fraction of sp³-hybridized carbons (Fsp3) is 0.333. The number of aliphatic carboxylic acids is 1. The second-order valence-electron chi connectivity index (χ2n) is 3.72. The van der Waals surface area contributed by atoms with Crippen LogP contribution < -0.4 is 0 Å². The number of amides is 1. The van der Waals surface area contributed by atoms with Gasteiger partial charge in [0.1, 0.15) is 12.4 Å². The Morgan fingerprint density at radius 1 is 1.44 bits per heavy atom. The van der Waals surface area contributed by atoms with E-state index in [4.69, 9.17) is 16.7 Å². The molecule has 0 saturated carbocycles. The standard InChI is InChI=1S/C12H13ClFNO3/c1-2-6-15(7-10(16)17)12(18)11-8(13)4-3-5-9(11)14/h3-5H,2,6-7H2,1H3,(H,16,17). The van der Waals surface area contributed by atoms with E-state index in [1.807, 2.05) is 0 Å². The van der Waals surface area contributed by atoms with Gasteiger partial charge < -0.3 is 10.0 Å². The maximum absolute atomic E-state index is 13.6. The summed E-state index contributed by atoms with van der Waals surface area (Å²) in [5.74, 6) is -2.61. The highest BCUT2D eigenvalue weighted by Crippen LogP contribution is 2.20. The summed E-state index contributed by atoms with van der Waals surface area (Å²) in [5.41, 5.74) is -0.283. The van der Waals surface area contributed by atoms with Crippen LogP contribution in [0.1, 0.15) is 23.7 Å². The lowest BCUT2D eigenvalue weighted by atomic mass is 10.1. The summed E-state index contributed by atoms with van der Waals surface area (Å²) < 4.78 is 13.6. The molecule has 0 spiro atoms. The van der Waals surface area contributed by atoms with Crippen LogP contribution >= 0.6 is 11.6 Å². The van der Waals surface area contributed by atoms with Gasteiger partial charge in [0, 0.05) is 6.54 Å². The average Bonchev–Trinajstić information content (AvgIpc) is 2.27. The molecule has 1 rings (SSSR count). The summed E-state index contributed by atoms with van der Waals surface area (Å²) in [6.07, 6.45) is 0.574. The fourth-order valence-electron chi connectivity index (χ4n) is 1.55. The summed E-state index contributed by atoms with van der Waals surface area (Å²) in [6.45, 7) is 1.55. The van der Waals surface area contributed by atoms with E-state index in [-0.39, 0.29) is 17.1 Å². The first-order chi connectivity index (χ1) is 8.47. The molecule has 1 amide bonds.